The first kappa shape index (κ1) is 47.5. The van der Waals surface area contributed by atoms with Crippen LogP contribution in [0.15, 0.2) is 30.5 Å². The van der Waals surface area contributed by atoms with E-state index in [1.54, 1.807) is 25.4 Å². The van der Waals surface area contributed by atoms with Crippen LogP contribution in [0.4, 0.5) is 0 Å². The summed E-state index contributed by atoms with van der Waals surface area (Å²) in [6.45, 7) is 15.2. The molecule has 0 saturated carbocycles. The van der Waals surface area contributed by atoms with Crippen molar-refractivity contribution in [1.82, 2.24) is 35.5 Å². The lowest BCUT2D eigenvalue weighted by Gasteiger charge is -2.45. The molecule has 12 atom stereocenters. The number of aromatic nitrogens is 4. The lowest BCUT2D eigenvalue weighted by molar-refractivity contribution is -0.289. The number of aliphatic hydroxyl groups is 1. The Morgan fingerprint density at radius 2 is 1.92 bits per heavy atom. The minimum absolute atomic E-state index is 0.0300. The highest BCUT2D eigenvalue weighted by Gasteiger charge is 2.50. The van der Waals surface area contributed by atoms with Crippen molar-refractivity contribution in [1.29, 1.82) is 0 Å². The van der Waals surface area contributed by atoms with Gasteiger partial charge in [0.2, 0.25) is 0 Å². The van der Waals surface area contributed by atoms with Crippen molar-refractivity contribution in [2.45, 2.75) is 154 Å². The number of aliphatic hydroxyl groups excluding tert-OH is 1. The topological polar surface area (TPSA) is 171 Å². The monoisotopic (exact) mass is 853 g/mol. The van der Waals surface area contributed by atoms with E-state index in [1.807, 2.05) is 75.8 Å². The van der Waals surface area contributed by atoms with E-state index in [0.717, 1.165) is 33.8 Å². The molecule has 0 amide bonds. The molecule has 60 heavy (non-hydrogen) atoms. The number of rotatable bonds is 13. The summed E-state index contributed by atoms with van der Waals surface area (Å²) in [7, 11) is 5.41. The molecule has 0 radical (unpaired) electrons. The van der Waals surface area contributed by atoms with Crippen LogP contribution in [0.5, 0.6) is 0 Å². The number of nitrogens with one attached hydrogen (secondary N) is 2. The molecule has 3 aromatic rings. The molecule has 16 heteroatoms. The Bertz CT molecular complexity index is 1870. The number of Topliss-reactive ketones (excluding diaryl/α,β-unsaturated/α-hetero) is 1. The number of ether oxygens (including phenoxy) is 5. The number of para-hydroxylation sites is 1. The van der Waals surface area contributed by atoms with E-state index in [1.165, 1.54) is 0 Å². The van der Waals surface area contributed by atoms with Gasteiger partial charge >= 0.3 is 5.97 Å². The normalized spacial score (nSPS) is 33.9. The number of cyclic esters (lactones) is 1. The van der Waals surface area contributed by atoms with E-state index in [4.69, 9.17) is 35.1 Å². The van der Waals surface area contributed by atoms with Crippen LogP contribution in [0.3, 0.4) is 0 Å². The predicted octanol–water partition coefficient (Wildman–Crippen LogP) is 4.81. The lowest BCUT2D eigenvalue weighted by atomic mass is 9.83. The van der Waals surface area contributed by atoms with E-state index >= 15 is 0 Å². The molecule has 2 aliphatic heterocycles. The van der Waals surface area contributed by atoms with Crippen LogP contribution < -0.4 is 10.6 Å². The largest absolute Gasteiger partial charge is 0.457 e. The third-order valence-corrected chi connectivity index (χ3v) is 13.4. The van der Waals surface area contributed by atoms with E-state index in [2.05, 4.69) is 47.0 Å². The van der Waals surface area contributed by atoms with Gasteiger partial charge in [0.25, 0.3) is 0 Å². The van der Waals surface area contributed by atoms with Gasteiger partial charge in [-0.2, -0.15) is 0 Å². The number of benzene rings is 1. The molecule has 332 valence electrons. The molecule has 3 N–H and O–H groups in total. The van der Waals surface area contributed by atoms with Crippen LogP contribution in [0.1, 0.15) is 87.0 Å². The average Bonchev–Trinajstić information content (AvgIpc) is 3.88. The number of ketones is 1. The number of carbonyl (C=O) groups is 2. The lowest BCUT2D eigenvalue weighted by Crippen LogP contribution is -2.65. The highest BCUT2D eigenvalue weighted by atomic mass is 32.1. The minimum atomic E-state index is -1.18. The molecule has 15 nitrogen and oxygen atoms in total. The van der Waals surface area contributed by atoms with Crippen molar-refractivity contribution in [3.05, 3.63) is 30.5 Å². The van der Waals surface area contributed by atoms with Gasteiger partial charge in [-0.1, -0.05) is 37.6 Å². The summed E-state index contributed by atoms with van der Waals surface area (Å²) < 4.78 is 34.2. The van der Waals surface area contributed by atoms with E-state index in [0.29, 0.717) is 38.9 Å². The molecule has 0 spiro atoms. The van der Waals surface area contributed by atoms with Gasteiger partial charge in [-0.05, 0) is 112 Å². The molecule has 0 aliphatic carbocycles. The van der Waals surface area contributed by atoms with Crippen molar-refractivity contribution in [3.8, 4) is 23.2 Å². The standard InChI is InChI=1S/C44H67N7O8S/c1-12-36-44(8,56-13-2)39(45-20-16-17-21-51-26-32(48-49-51)40-47-31-18-14-15-19-35(31)60-40)30(6)46-25-27(3)24-43(7,55-11)37(23-34(52)29(5)41(54)58-36)59-42-38(53)33(50(9)10)22-28(4)57-42/h2,14-15,18-19,26-30,33,36-39,42,45-46,53H,12,16-17,20-25H2,1,3-11H3/t27-,28-,29-,30-,33?,36-,37-,38?,39-,42+,43-,44-/m1/s1. The second kappa shape index (κ2) is 21.0. The van der Waals surface area contributed by atoms with Gasteiger partial charge < -0.3 is 44.3 Å². The molecule has 1 aromatic carbocycles. The van der Waals surface area contributed by atoms with Crippen LogP contribution in [0, 0.1) is 24.4 Å². The number of terminal acetylenes is 1. The van der Waals surface area contributed by atoms with Gasteiger partial charge in [0.15, 0.2) is 11.9 Å². The maximum absolute atomic E-state index is 14.1. The zero-order valence-electron chi connectivity index (χ0n) is 37.1. The average molecular weight is 854 g/mol. The fraction of sp³-hybridized carbons (Fsp3) is 0.705. The van der Waals surface area contributed by atoms with Crippen molar-refractivity contribution in [2.75, 3.05) is 34.3 Å². The number of unbranched alkanes of at least 4 members (excludes halogenated alkanes) is 1. The number of nitrogens with zero attached hydrogens (tertiary/aromatic N) is 5. The summed E-state index contributed by atoms with van der Waals surface area (Å²) in [5.74, 6) is -2.17. The van der Waals surface area contributed by atoms with Crippen LogP contribution in [-0.4, -0.2) is 136 Å². The molecular weight excluding hydrogens is 787 g/mol. The third kappa shape index (κ3) is 11.3. The molecule has 4 heterocycles. The first-order valence-corrected chi connectivity index (χ1v) is 22.1. The zero-order chi connectivity index (χ0) is 43.8. The summed E-state index contributed by atoms with van der Waals surface area (Å²) >= 11 is 1.59. The second-order valence-corrected chi connectivity index (χ2v) is 18.4. The number of aryl methyl sites for hydroxylation is 1. The summed E-state index contributed by atoms with van der Waals surface area (Å²) in [6.07, 6.45) is 9.28. The van der Waals surface area contributed by atoms with Gasteiger partial charge in [-0.15, -0.1) is 16.4 Å². The predicted molar refractivity (Wildman–Crippen MR) is 231 cm³/mol. The number of thiazole rings is 1. The SMILES string of the molecule is C#CO[C@@]1(C)[C@H](NCCCCn2cc(-c3nc4ccccc4s3)nn2)[C@@H](C)NC[C@H](C)C[C@@](C)(OC)[C@H](O[C@@H]2O[C@H](C)CC(N(C)C)C2O)CC(=O)[C@@H](C)C(=O)O[C@@H]1CC. The number of methoxy groups -OCH3 is 1. The number of hydrogen-bond acceptors (Lipinski definition) is 15. The van der Waals surface area contributed by atoms with E-state index < -0.39 is 53.7 Å². The van der Waals surface area contributed by atoms with Gasteiger partial charge in [0, 0.05) is 32.2 Å². The molecule has 2 saturated heterocycles. The molecule has 0 bridgehead atoms. The Labute approximate surface area is 359 Å². The van der Waals surface area contributed by atoms with Crippen molar-refractivity contribution in [3.63, 3.8) is 0 Å². The molecule has 2 aliphatic rings. The molecule has 5 rings (SSSR count). The van der Waals surface area contributed by atoms with Gasteiger partial charge in [0.05, 0.1) is 40.3 Å². The number of likely N-dealkylation sites (N-methyl/N-ethyl adjacent to an activating group) is 1. The molecular formula is C44H67N7O8S. The Kier molecular flexibility index (Phi) is 16.7. The quantitative estimate of drug-likeness (QED) is 0.0927. The number of carbonyl (C=O) groups excluding carboxylic acids is 2. The maximum atomic E-state index is 14.1. The number of esters is 1. The van der Waals surface area contributed by atoms with Crippen LogP contribution in [-0.2, 0) is 39.8 Å². The van der Waals surface area contributed by atoms with E-state index in [-0.39, 0.29) is 36.3 Å². The van der Waals surface area contributed by atoms with Crippen molar-refractivity contribution < 1.29 is 38.4 Å². The van der Waals surface area contributed by atoms with Crippen molar-refractivity contribution >= 4 is 33.3 Å². The first-order chi connectivity index (χ1) is 28.5. The smallest absolute Gasteiger partial charge is 0.316 e. The van der Waals surface area contributed by atoms with Crippen LogP contribution in [0.2, 0.25) is 0 Å². The third-order valence-electron chi connectivity index (χ3n) is 12.4. The highest BCUT2D eigenvalue weighted by molar-refractivity contribution is 7.21. The Morgan fingerprint density at radius 1 is 1.17 bits per heavy atom. The highest BCUT2D eigenvalue weighted by Crippen LogP contribution is 2.35. The summed E-state index contributed by atoms with van der Waals surface area (Å²) in [5, 5.41) is 28.4. The van der Waals surface area contributed by atoms with E-state index in [9.17, 15) is 14.7 Å². The fourth-order valence-electron chi connectivity index (χ4n) is 8.65. The van der Waals surface area contributed by atoms with Gasteiger partial charge in [0.1, 0.15) is 40.7 Å². The summed E-state index contributed by atoms with van der Waals surface area (Å²) in [5.41, 5.74) is -0.488. The van der Waals surface area contributed by atoms with Crippen molar-refractivity contribution in [2.24, 2.45) is 11.8 Å². The number of hydrogen-bond donors (Lipinski definition) is 3. The van der Waals surface area contributed by atoms with Crippen LogP contribution in [0.25, 0.3) is 20.9 Å². The van der Waals surface area contributed by atoms with Crippen LogP contribution >= 0.6 is 11.3 Å². The second-order valence-electron chi connectivity index (χ2n) is 17.3. The Morgan fingerprint density at radius 3 is 2.60 bits per heavy atom. The minimum Gasteiger partial charge on any atom is -0.457 e. The molecule has 2 aromatic heterocycles. The molecule has 2 fully saturated rings. The van der Waals surface area contributed by atoms with Gasteiger partial charge in [-0.3, -0.25) is 14.3 Å². The Balaban J connectivity index is 1.33. The number of fused-ring (bicyclic) bond motifs is 1. The summed E-state index contributed by atoms with van der Waals surface area (Å²) in [6, 6.07) is 7.17. The molecule has 2 unspecified atom stereocenters. The maximum Gasteiger partial charge on any atom is 0.316 e. The summed E-state index contributed by atoms with van der Waals surface area (Å²) in [4.78, 5) is 34.7. The van der Waals surface area contributed by atoms with Gasteiger partial charge in [-0.25, -0.2) is 4.98 Å². The zero-order valence-corrected chi connectivity index (χ0v) is 37.9. The first-order valence-electron chi connectivity index (χ1n) is 21.3. The fourth-order valence-corrected chi connectivity index (χ4v) is 9.57. The Hall–Kier alpha value is -3.53.